The van der Waals surface area contributed by atoms with Crippen molar-refractivity contribution in [1.82, 2.24) is 10.3 Å². The van der Waals surface area contributed by atoms with Crippen molar-refractivity contribution in [3.8, 4) is 11.6 Å². The fourth-order valence-electron chi connectivity index (χ4n) is 3.77. The normalized spacial score (nSPS) is 15.6. The van der Waals surface area contributed by atoms with Gasteiger partial charge >= 0.3 is 0 Å². The zero-order valence-electron chi connectivity index (χ0n) is 19.1. The topological polar surface area (TPSA) is 107 Å². The molecule has 178 valence electrons. The number of hydrogen-bond donors (Lipinski definition) is 2. The lowest BCUT2D eigenvalue weighted by molar-refractivity contribution is 0.0855. The molecule has 8 nitrogen and oxygen atoms in total. The summed E-state index contributed by atoms with van der Waals surface area (Å²) in [7, 11) is -3.73. The molecule has 0 unspecified atom stereocenters. The van der Waals surface area contributed by atoms with Gasteiger partial charge in [0.1, 0.15) is 11.3 Å². The summed E-state index contributed by atoms with van der Waals surface area (Å²) in [6.07, 6.45) is 3.50. The van der Waals surface area contributed by atoms with Crippen LogP contribution in [-0.2, 0) is 14.8 Å². The maximum atomic E-state index is 12.8. The maximum Gasteiger partial charge on any atom is 0.262 e. The number of benzene rings is 2. The Hall–Kier alpha value is -3.43. The van der Waals surface area contributed by atoms with Crippen LogP contribution in [0.25, 0.3) is 0 Å². The van der Waals surface area contributed by atoms with Crippen LogP contribution < -0.4 is 14.8 Å². The highest BCUT2D eigenvalue weighted by Gasteiger charge is 2.20. The van der Waals surface area contributed by atoms with Crippen LogP contribution in [0.5, 0.6) is 11.6 Å². The average Bonchev–Trinajstić information content (AvgIpc) is 3.32. The molecule has 34 heavy (non-hydrogen) atoms. The monoisotopic (exact) mass is 481 g/mol. The summed E-state index contributed by atoms with van der Waals surface area (Å²) in [5.41, 5.74) is 2.36. The Balaban J connectivity index is 1.43. The summed E-state index contributed by atoms with van der Waals surface area (Å²) in [6.45, 7) is 4.83. The molecule has 0 bridgehead atoms. The number of nitrogens with one attached hydrogen (secondary N) is 2. The lowest BCUT2D eigenvalue weighted by atomic mass is 10.2. The second-order valence-electron chi connectivity index (χ2n) is 8.20. The van der Waals surface area contributed by atoms with Crippen LogP contribution >= 0.6 is 0 Å². The van der Waals surface area contributed by atoms with E-state index in [0.29, 0.717) is 29.1 Å². The van der Waals surface area contributed by atoms with Gasteiger partial charge in [-0.1, -0.05) is 17.7 Å². The molecule has 0 saturated carbocycles. The minimum atomic E-state index is -3.73. The van der Waals surface area contributed by atoms with Gasteiger partial charge in [0, 0.05) is 25.0 Å². The molecule has 1 saturated heterocycles. The standard InChI is InChI=1S/C25H27N3O5S/c1-17-7-12-23(18(2)15-17)34(30,31)28-19-8-10-20(11-9-19)33-25-22(6-3-13-26-25)24(29)27-16-21-5-4-14-32-21/h3,6-13,15,21,28H,4-5,14,16H2,1-2H3,(H,27,29)/t21-/m0/s1. The summed E-state index contributed by atoms with van der Waals surface area (Å²) < 4.78 is 39.5. The maximum absolute atomic E-state index is 12.8. The summed E-state index contributed by atoms with van der Waals surface area (Å²) in [6, 6.07) is 14.9. The number of nitrogens with zero attached hydrogens (tertiary/aromatic N) is 1. The Morgan fingerprint density at radius 3 is 2.65 bits per heavy atom. The van der Waals surface area contributed by atoms with Crippen molar-refractivity contribution >= 4 is 21.6 Å². The van der Waals surface area contributed by atoms with Crippen LogP contribution in [0.4, 0.5) is 5.69 Å². The van der Waals surface area contributed by atoms with Gasteiger partial charge in [0.05, 0.1) is 11.0 Å². The van der Waals surface area contributed by atoms with Gasteiger partial charge < -0.3 is 14.8 Å². The Labute approximate surface area is 199 Å². The third kappa shape index (κ3) is 5.73. The number of pyridine rings is 1. The van der Waals surface area contributed by atoms with E-state index in [9.17, 15) is 13.2 Å². The SMILES string of the molecule is Cc1ccc(S(=O)(=O)Nc2ccc(Oc3ncccc3C(=O)NC[C@@H]3CCCO3)cc2)c(C)c1. The molecular formula is C25H27N3O5S. The zero-order valence-corrected chi connectivity index (χ0v) is 19.9. The van der Waals surface area contributed by atoms with E-state index in [1.807, 2.05) is 13.0 Å². The lowest BCUT2D eigenvalue weighted by Crippen LogP contribution is -2.32. The Bertz CT molecular complexity index is 1270. The van der Waals surface area contributed by atoms with Gasteiger partial charge in [-0.3, -0.25) is 9.52 Å². The molecule has 1 aliphatic heterocycles. The predicted octanol–water partition coefficient (Wildman–Crippen LogP) is 4.20. The van der Waals surface area contributed by atoms with E-state index in [4.69, 9.17) is 9.47 Å². The van der Waals surface area contributed by atoms with Gasteiger partial charge in [-0.25, -0.2) is 13.4 Å². The van der Waals surface area contributed by atoms with Crippen molar-refractivity contribution in [2.24, 2.45) is 0 Å². The quantitative estimate of drug-likeness (QED) is 0.499. The molecule has 1 aliphatic rings. The second-order valence-corrected chi connectivity index (χ2v) is 9.85. The molecule has 4 rings (SSSR count). The highest BCUT2D eigenvalue weighted by atomic mass is 32.2. The molecule has 3 aromatic rings. The van der Waals surface area contributed by atoms with Gasteiger partial charge in [0.2, 0.25) is 5.88 Å². The first-order chi connectivity index (χ1) is 16.3. The van der Waals surface area contributed by atoms with Gasteiger partial charge in [-0.15, -0.1) is 0 Å². The number of rotatable bonds is 8. The second kappa shape index (κ2) is 10.2. The Kier molecular flexibility index (Phi) is 7.14. The Morgan fingerprint density at radius 2 is 1.94 bits per heavy atom. The van der Waals surface area contributed by atoms with E-state index >= 15 is 0 Å². The van der Waals surface area contributed by atoms with Crippen LogP contribution in [0.15, 0.2) is 65.7 Å². The van der Waals surface area contributed by atoms with Gasteiger partial charge in [-0.2, -0.15) is 0 Å². The molecule has 9 heteroatoms. The molecule has 1 atom stereocenters. The number of hydrogen-bond acceptors (Lipinski definition) is 6. The molecule has 0 spiro atoms. The highest BCUT2D eigenvalue weighted by Crippen LogP contribution is 2.26. The largest absolute Gasteiger partial charge is 0.438 e. The molecule has 2 N–H and O–H groups in total. The molecule has 1 amide bonds. The van der Waals surface area contributed by atoms with E-state index in [-0.39, 0.29) is 22.8 Å². The number of sulfonamides is 1. The third-order valence-corrected chi connectivity index (χ3v) is 7.01. The van der Waals surface area contributed by atoms with Crippen molar-refractivity contribution < 1.29 is 22.7 Å². The van der Waals surface area contributed by atoms with Crippen molar-refractivity contribution in [1.29, 1.82) is 0 Å². The van der Waals surface area contributed by atoms with Crippen LogP contribution in [0.3, 0.4) is 0 Å². The number of carbonyl (C=O) groups is 1. The number of amides is 1. The molecular weight excluding hydrogens is 454 g/mol. The summed E-state index contributed by atoms with van der Waals surface area (Å²) >= 11 is 0. The third-order valence-electron chi connectivity index (χ3n) is 5.47. The smallest absolute Gasteiger partial charge is 0.262 e. The number of aromatic nitrogens is 1. The number of ether oxygens (including phenoxy) is 2. The van der Waals surface area contributed by atoms with Crippen molar-refractivity contribution in [2.75, 3.05) is 17.9 Å². The summed E-state index contributed by atoms with van der Waals surface area (Å²) in [5, 5.41) is 2.86. The highest BCUT2D eigenvalue weighted by molar-refractivity contribution is 7.92. The fraction of sp³-hybridized carbons (Fsp3) is 0.280. The van der Waals surface area contributed by atoms with Crippen LogP contribution in [-0.4, -0.2) is 38.6 Å². The first kappa shape index (κ1) is 23.7. The van der Waals surface area contributed by atoms with Crippen molar-refractivity contribution in [3.63, 3.8) is 0 Å². The van der Waals surface area contributed by atoms with E-state index in [1.165, 1.54) is 0 Å². The molecule has 0 aliphatic carbocycles. The van der Waals surface area contributed by atoms with Crippen LogP contribution in [0, 0.1) is 13.8 Å². The van der Waals surface area contributed by atoms with E-state index in [1.54, 1.807) is 61.7 Å². The number of anilines is 1. The minimum Gasteiger partial charge on any atom is -0.438 e. The van der Waals surface area contributed by atoms with Crippen molar-refractivity contribution in [3.05, 3.63) is 77.5 Å². The van der Waals surface area contributed by atoms with E-state index < -0.39 is 10.0 Å². The van der Waals surface area contributed by atoms with E-state index in [2.05, 4.69) is 15.0 Å². The van der Waals surface area contributed by atoms with Gasteiger partial charge in [0.15, 0.2) is 0 Å². The lowest BCUT2D eigenvalue weighted by Gasteiger charge is -2.13. The molecule has 1 aromatic heterocycles. The zero-order chi connectivity index (χ0) is 24.1. The first-order valence-electron chi connectivity index (χ1n) is 11.0. The number of carbonyl (C=O) groups excluding carboxylic acids is 1. The first-order valence-corrected chi connectivity index (χ1v) is 12.5. The summed E-state index contributed by atoms with van der Waals surface area (Å²) in [5.74, 6) is 0.286. The predicted molar refractivity (Wildman–Crippen MR) is 129 cm³/mol. The fourth-order valence-corrected chi connectivity index (χ4v) is 5.05. The number of aryl methyl sites for hydroxylation is 2. The molecule has 0 radical (unpaired) electrons. The van der Waals surface area contributed by atoms with Crippen molar-refractivity contribution in [2.45, 2.75) is 37.7 Å². The minimum absolute atomic E-state index is 0.0324. The van der Waals surface area contributed by atoms with Crippen LogP contribution in [0.1, 0.15) is 34.3 Å². The molecule has 1 fully saturated rings. The van der Waals surface area contributed by atoms with Gasteiger partial charge in [-0.05, 0) is 74.7 Å². The van der Waals surface area contributed by atoms with E-state index in [0.717, 1.165) is 25.0 Å². The molecule has 2 aromatic carbocycles. The van der Waals surface area contributed by atoms with Gasteiger partial charge in [0.25, 0.3) is 15.9 Å². The average molecular weight is 482 g/mol. The summed E-state index contributed by atoms with van der Waals surface area (Å²) in [4.78, 5) is 17.1. The molecule has 2 heterocycles. The Morgan fingerprint density at radius 1 is 1.15 bits per heavy atom. The van der Waals surface area contributed by atoms with Crippen LogP contribution in [0.2, 0.25) is 0 Å².